The van der Waals surface area contributed by atoms with Crippen molar-refractivity contribution in [2.24, 2.45) is 5.92 Å². The zero-order chi connectivity index (χ0) is 17.8. The molecule has 0 aliphatic carbocycles. The number of nitrogens with zero attached hydrogens (tertiary/aromatic N) is 6. The molecule has 0 unspecified atom stereocenters. The summed E-state index contributed by atoms with van der Waals surface area (Å²) >= 11 is 0. The Bertz CT molecular complexity index is 689. The summed E-state index contributed by atoms with van der Waals surface area (Å²) in [5.74, 6) is 1.04. The average molecular weight is 354 g/mol. The Labute approximate surface area is 154 Å². The van der Waals surface area contributed by atoms with Gasteiger partial charge in [0.2, 0.25) is 5.95 Å². The first-order valence-corrected chi connectivity index (χ1v) is 9.49. The van der Waals surface area contributed by atoms with Gasteiger partial charge < -0.3 is 10.0 Å². The van der Waals surface area contributed by atoms with Gasteiger partial charge in [0.25, 0.3) is 0 Å². The molecule has 2 saturated heterocycles. The molecule has 0 radical (unpaired) electrons. The van der Waals surface area contributed by atoms with Gasteiger partial charge in [-0.1, -0.05) is 0 Å². The third-order valence-electron chi connectivity index (χ3n) is 5.31. The molecule has 26 heavy (non-hydrogen) atoms. The number of β-amino-alcohol motifs (C(OH)–C–C–N with tert-alkyl or cyclic N) is 1. The Kier molecular flexibility index (Phi) is 5.36. The molecule has 2 atom stereocenters. The molecule has 2 aliphatic heterocycles. The number of hydrogen-bond donors (Lipinski definition) is 1. The van der Waals surface area contributed by atoms with Crippen molar-refractivity contribution >= 4 is 5.95 Å². The van der Waals surface area contributed by atoms with Crippen molar-refractivity contribution in [2.45, 2.75) is 38.3 Å². The van der Waals surface area contributed by atoms with Gasteiger partial charge in [0.1, 0.15) is 0 Å². The standard InChI is InChI=1S/C19H26N6O/c26-18-14-24(13-16(18)8-17-11-20-4-5-21-17)12-15-9-22-19(23-10-15)25-6-2-1-3-7-25/h4-5,9-11,16,18,26H,1-3,6-8,12-14H2/t16-,18-/m1/s1. The molecule has 0 aromatic carbocycles. The van der Waals surface area contributed by atoms with E-state index < -0.39 is 0 Å². The quantitative estimate of drug-likeness (QED) is 0.867. The third-order valence-corrected chi connectivity index (χ3v) is 5.31. The highest BCUT2D eigenvalue weighted by molar-refractivity contribution is 5.30. The fourth-order valence-electron chi connectivity index (χ4n) is 3.92. The maximum atomic E-state index is 10.4. The van der Waals surface area contributed by atoms with Crippen molar-refractivity contribution in [1.82, 2.24) is 24.8 Å². The lowest BCUT2D eigenvalue weighted by molar-refractivity contribution is 0.140. The number of aliphatic hydroxyl groups is 1. The molecule has 138 valence electrons. The SMILES string of the molecule is O[C@@H]1CN(Cc2cnc(N3CCCCC3)nc2)C[C@H]1Cc1cnccn1. The van der Waals surface area contributed by atoms with Gasteiger partial charge in [-0.2, -0.15) is 0 Å². The molecule has 7 heteroatoms. The van der Waals surface area contributed by atoms with Gasteiger partial charge in [-0.15, -0.1) is 0 Å². The summed E-state index contributed by atoms with van der Waals surface area (Å²) in [7, 11) is 0. The van der Waals surface area contributed by atoms with Crippen LogP contribution in [0.1, 0.15) is 30.5 Å². The first-order valence-electron chi connectivity index (χ1n) is 9.49. The normalized spacial score (nSPS) is 24.1. The summed E-state index contributed by atoms with van der Waals surface area (Å²) < 4.78 is 0. The second kappa shape index (κ2) is 8.05. The monoisotopic (exact) mass is 354 g/mol. The van der Waals surface area contributed by atoms with Gasteiger partial charge >= 0.3 is 0 Å². The van der Waals surface area contributed by atoms with E-state index in [0.29, 0.717) is 6.54 Å². The first-order chi connectivity index (χ1) is 12.8. The minimum Gasteiger partial charge on any atom is -0.391 e. The van der Waals surface area contributed by atoms with Crippen LogP contribution < -0.4 is 4.90 Å². The summed E-state index contributed by atoms with van der Waals surface area (Å²) in [5.41, 5.74) is 2.03. The second-order valence-electron chi connectivity index (χ2n) is 7.36. The van der Waals surface area contributed by atoms with Crippen molar-refractivity contribution in [3.63, 3.8) is 0 Å². The first kappa shape index (κ1) is 17.3. The molecule has 2 aromatic rings. The predicted molar refractivity (Wildman–Crippen MR) is 98.6 cm³/mol. The van der Waals surface area contributed by atoms with Gasteiger partial charge in [0, 0.05) is 75.2 Å². The molecule has 0 bridgehead atoms. The molecule has 2 fully saturated rings. The molecule has 1 N–H and O–H groups in total. The zero-order valence-electron chi connectivity index (χ0n) is 15.0. The number of aliphatic hydroxyl groups excluding tert-OH is 1. The van der Waals surface area contributed by atoms with E-state index in [1.807, 2.05) is 12.4 Å². The Morgan fingerprint density at radius 3 is 2.50 bits per heavy atom. The average Bonchev–Trinajstić information content (AvgIpc) is 3.03. The Balaban J connectivity index is 1.32. The molecule has 2 aromatic heterocycles. The Morgan fingerprint density at radius 1 is 0.962 bits per heavy atom. The largest absolute Gasteiger partial charge is 0.391 e. The lowest BCUT2D eigenvalue weighted by Gasteiger charge is -2.26. The fraction of sp³-hybridized carbons (Fsp3) is 0.579. The number of hydrogen-bond acceptors (Lipinski definition) is 7. The van der Waals surface area contributed by atoms with Crippen LogP contribution >= 0.6 is 0 Å². The third kappa shape index (κ3) is 4.16. The van der Waals surface area contributed by atoms with Crippen LogP contribution in [0.2, 0.25) is 0 Å². The number of aromatic nitrogens is 4. The van der Waals surface area contributed by atoms with Gasteiger partial charge in [-0.25, -0.2) is 9.97 Å². The van der Waals surface area contributed by atoms with Crippen molar-refractivity contribution in [3.8, 4) is 0 Å². The van der Waals surface area contributed by atoms with Crippen molar-refractivity contribution in [1.29, 1.82) is 0 Å². The summed E-state index contributed by atoms with van der Waals surface area (Å²) in [4.78, 5) is 22.1. The highest BCUT2D eigenvalue weighted by Gasteiger charge is 2.31. The Hall–Kier alpha value is -2.12. The molecule has 4 heterocycles. The minimum absolute atomic E-state index is 0.195. The van der Waals surface area contributed by atoms with Gasteiger partial charge in [-0.05, 0) is 25.7 Å². The van der Waals surface area contributed by atoms with Crippen LogP contribution in [-0.2, 0) is 13.0 Å². The number of anilines is 1. The van der Waals surface area contributed by atoms with E-state index in [1.54, 1.807) is 18.6 Å². The van der Waals surface area contributed by atoms with E-state index in [4.69, 9.17) is 0 Å². The molecule has 7 nitrogen and oxygen atoms in total. The highest BCUT2D eigenvalue weighted by Crippen LogP contribution is 2.22. The molecule has 0 spiro atoms. The molecule has 2 aliphatic rings. The molecule has 4 rings (SSSR count). The number of likely N-dealkylation sites (tertiary alicyclic amines) is 1. The minimum atomic E-state index is -0.328. The zero-order valence-corrected chi connectivity index (χ0v) is 15.0. The summed E-state index contributed by atoms with van der Waals surface area (Å²) in [6.45, 7) is 4.42. The van der Waals surface area contributed by atoms with Gasteiger partial charge in [0.05, 0.1) is 11.8 Å². The topological polar surface area (TPSA) is 78.3 Å². The van der Waals surface area contributed by atoms with Crippen molar-refractivity contribution in [3.05, 3.63) is 42.2 Å². The molecular formula is C19H26N6O. The van der Waals surface area contributed by atoms with Crippen LogP contribution in [0.5, 0.6) is 0 Å². The fourth-order valence-corrected chi connectivity index (χ4v) is 3.92. The van der Waals surface area contributed by atoms with Crippen molar-refractivity contribution in [2.75, 3.05) is 31.1 Å². The second-order valence-corrected chi connectivity index (χ2v) is 7.36. The van der Waals surface area contributed by atoms with Crippen LogP contribution in [0.3, 0.4) is 0 Å². The summed E-state index contributed by atoms with van der Waals surface area (Å²) in [6, 6.07) is 0. The summed E-state index contributed by atoms with van der Waals surface area (Å²) in [6.07, 6.45) is 13.2. The maximum absolute atomic E-state index is 10.4. The van der Waals surface area contributed by atoms with E-state index in [1.165, 1.54) is 19.3 Å². The summed E-state index contributed by atoms with van der Waals surface area (Å²) in [5, 5.41) is 10.4. The van der Waals surface area contributed by atoms with E-state index >= 15 is 0 Å². The number of rotatable bonds is 5. The lowest BCUT2D eigenvalue weighted by Crippen LogP contribution is -2.31. The lowest BCUT2D eigenvalue weighted by atomic mass is 10.0. The van der Waals surface area contributed by atoms with Crippen LogP contribution in [0.4, 0.5) is 5.95 Å². The highest BCUT2D eigenvalue weighted by atomic mass is 16.3. The van der Waals surface area contributed by atoms with Crippen LogP contribution in [0, 0.1) is 5.92 Å². The smallest absolute Gasteiger partial charge is 0.225 e. The molecular weight excluding hydrogens is 328 g/mol. The Morgan fingerprint density at radius 2 is 1.77 bits per heavy atom. The maximum Gasteiger partial charge on any atom is 0.225 e. The number of piperidine rings is 1. The van der Waals surface area contributed by atoms with Gasteiger partial charge in [0.15, 0.2) is 0 Å². The molecule has 0 saturated carbocycles. The van der Waals surface area contributed by atoms with Gasteiger partial charge in [-0.3, -0.25) is 14.9 Å². The van der Waals surface area contributed by atoms with E-state index in [0.717, 1.165) is 49.8 Å². The predicted octanol–water partition coefficient (Wildman–Crippen LogP) is 1.29. The van der Waals surface area contributed by atoms with Crippen LogP contribution in [0.15, 0.2) is 31.0 Å². The van der Waals surface area contributed by atoms with E-state index in [9.17, 15) is 5.11 Å². The van der Waals surface area contributed by atoms with Crippen LogP contribution in [-0.4, -0.2) is 62.2 Å². The van der Waals surface area contributed by atoms with E-state index in [2.05, 4.69) is 29.7 Å². The van der Waals surface area contributed by atoms with Crippen LogP contribution in [0.25, 0.3) is 0 Å². The van der Waals surface area contributed by atoms with Crippen molar-refractivity contribution < 1.29 is 5.11 Å². The van der Waals surface area contributed by atoms with E-state index in [-0.39, 0.29) is 12.0 Å². The molecule has 0 amide bonds.